The SMILES string of the molecule is COc1ccc(C(O)c2ccc(C(C)(C)C)cc2)cn1. The highest BCUT2D eigenvalue weighted by Gasteiger charge is 2.15. The van der Waals surface area contributed by atoms with Gasteiger partial charge in [0.05, 0.1) is 7.11 Å². The quantitative estimate of drug-likeness (QED) is 0.929. The van der Waals surface area contributed by atoms with E-state index in [0.29, 0.717) is 5.88 Å². The number of aromatic nitrogens is 1. The molecule has 0 saturated heterocycles. The zero-order valence-electron chi connectivity index (χ0n) is 12.4. The van der Waals surface area contributed by atoms with E-state index in [-0.39, 0.29) is 5.41 Å². The van der Waals surface area contributed by atoms with E-state index >= 15 is 0 Å². The third-order valence-electron chi connectivity index (χ3n) is 3.38. The van der Waals surface area contributed by atoms with Crippen LogP contribution in [0.25, 0.3) is 0 Å². The molecule has 0 aliphatic carbocycles. The van der Waals surface area contributed by atoms with Gasteiger partial charge in [-0.3, -0.25) is 0 Å². The first-order chi connectivity index (χ1) is 9.41. The number of aliphatic hydroxyl groups is 1. The molecule has 2 rings (SSSR count). The smallest absolute Gasteiger partial charge is 0.212 e. The molecule has 3 nitrogen and oxygen atoms in total. The Morgan fingerprint density at radius 1 is 1.00 bits per heavy atom. The number of pyridine rings is 1. The first-order valence-electron chi connectivity index (χ1n) is 6.70. The van der Waals surface area contributed by atoms with Gasteiger partial charge in [-0.1, -0.05) is 45.0 Å². The highest BCUT2D eigenvalue weighted by atomic mass is 16.5. The lowest BCUT2D eigenvalue weighted by Crippen LogP contribution is -2.11. The van der Waals surface area contributed by atoms with E-state index in [0.717, 1.165) is 11.1 Å². The average Bonchev–Trinajstić information content (AvgIpc) is 2.46. The molecule has 0 spiro atoms. The molecule has 1 N–H and O–H groups in total. The van der Waals surface area contributed by atoms with Gasteiger partial charge in [-0.15, -0.1) is 0 Å². The maximum Gasteiger partial charge on any atom is 0.212 e. The Balaban J connectivity index is 2.22. The molecule has 106 valence electrons. The predicted octanol–water partition coefficient (Wildman–Crippen LogP) is 3.47. The van der Waals surface area contributed by atoms with Gasteiger partial charge in [-0.05, 0) is 22.6 Å². The normalized spacial score (nSPS) is 13.1. The maximum absolute atomic E-state index is 10.4. The molecule has 20 heavy (non-hydrogen) atoms. The van der Waals surface area contributed by atoms with Crippen LogP contribution in [0.4, 0.5) is 0 Å². The summed E-state index contributed by atoms with van der Waals surface area (Å²) >= 11 is 0. The molecule has 0 amide bonds. The molecule has 0 bridgehead atoms. The molecule has 0 aliphatic rings. The van der Waals surface area contributed by atoms with Crippen LogP contribution in [0.5, 0.6) is 5.88 Å². The summed E-state index contributed by atoms with van der Waals surface area (Å²) in [6, 6.07) is 11.6. The Hall–Kier alpha value is -1.87. The van der Waals surface area contributed by atoms with Gasteiger partial charge in [0.25, 0.3) is 0 Å². The molecular weight excluding hydrogens is 250 g/mol. The third-order valence-corrected chi connectivity index (χ3v) is 3.38. The molecule has 1 aromatic carbocycles. The van der Waals surface area contributed by atoms with Crippen molar-refractivity contribution < 1.29 is 9.84 Å². The van der Waals surface area contributed by atoms with Crippen molar-refractivity contribution in [2.24, 2.45) is 0 Å². The van der Waals surface area contributed by atoms with Gasteiger partial charge in [-0.25, -0.2) is 4.98 Å². The zero-order valence-corrected chi connectivity index (χ0v) is 12.4. The fourth-order valence-electron chi connectivity index (χ4n) is 2.03. The molecule has 1 heterocycles. The van der Waals surface area contributed by atoms with Crippen LogP contribution in [-0.4, -0.2) is 17.2 Å². The number of nitrogens with zero attached hydrogens (tertiary/aromatic N) is 1. The van der Waals surface area contributed by atoms with Crippen molar-refractivity contribution in [2.45, 2.75) is 32.3 Å². The first-order valence-corrected chi connectivity index (χ1v) is 6.70. The van der Waals surface area contributed by atoms with Crippen molar-refractivity contribution in [1.29, 1.82) is 0 Å². The highest BCUT2D eigenvalue weighted by Crippen LogP contribution is 2.26. The number of rotatable bonds is 3. The van der Waals surface area contributed by atoms with E-state index in [2.05, 4.69) is 37.9 Å². The van der Waals surface area contributed by atoms with Crippen LogP contribution in [0.15, 0.2) is 42.6 Å². The summed E-state index contributed by atoms with van der Waals surface area (Å²) in [5.74, 6) is 0.545. The molecule has 0 fully saturated rings. The van der Waals surface area contributed by atoms with Crippen LogP contribution in [0.1, 0.15) is 43.6 Å². The van der Waals surface area contributed by atoms with Gasteiger partial charge >= 0.3 is 0 Å². The predicted molar refractivity (Wildman–Crippen MR) is 80.0 cm³/mol. The molecular formula is C17H21NO2. The second-order valence-electron chi connectivity index (χ2n) is 5.91. The number of methoxy groups -OCH3 is 1. The zero-order chi connectivity index (χ0) is 14.8. The Morgan fingerprint density at radius 3 is 2.05 bits per heavy atom. The number of hydrogen-bond acceptors (Lipinski definition) is 3. The Labute approximate surface area is 120 Å². The highest BCUT2D eigenvalue weighted by molar-refractivity contribution is 5.33. The van der Waals surface area contributed by atoms with E-state index in [1.807, 2.05) is 18.2 Å². The van der Waals surface area contributed by atoms with Gasteiger partial charge in [0.15, 0.2) is 0 Å². The van der Waals surface area contributed by atoms with Crippen LogP contribution in [0.2, 0.25) is 0 Å². The second-order valence-corrected chi connectivity index (χ2v) is 5.91. The largest absolute Gasteiger partial charge is 0.481 e. The minimum atomic E-state index is -0.664. The van der Waals surface area contributed by atoms with Crippen LogP contribution in [0.3, 0.4) is 0 Å². The minimum absolute atomic E-state index is 0.116. The van der Waals surface area contributed by atoms with Gasteiger partial charge in [0.1, 0.15) is 6.10 Å². The molecule has 1 aromatic heterocycles. The van der Waals surface area contributed by atoms with Crippen molar-refractivity contribution in [3.63, 3.8) is 0 Å². The number of benzene rings is 1. The Bertz CT molecular complexity index is 553. The minimum Gasteiger partial charge on any atom is -0.481 e. The van der Waals surface area contributed by atoms with Crippen LogP contribution in [-0.2, 0) is 5.41 Å². The van der Waals surface area contributed by atoms with Crippen molar-refractivity contribution in [3.05, 3.63) is 59.3 Å². The number of hydrogen-bond donors (Lipinski definition) is 1. The number of aliphatic hydroxyl groups excluding tert-OH is 1. The number of ether oxygens (including phenoxy) is 1. The van der Waals surface area contributed by atoms with Gasteiger partial charge in [0.2, 0.25) is 5.88 Å². The molecule has 0 aliphatic heterocycles. The lowest BCUT2D eigenvalue weighted by Gasteiger charge is -2.20. The fourth-order valence-corrected chi connectivity index (χ4v) is 2.03. The van der Waals surface area contributed by atoms with Crippen molar-refractivity contribution in [2.75, 3.05) is 7.11 Å². The fraction of sp³-hybridized carbons (Fsp3) is 0.353. The second kappa shape index (κ2) is 5.63. The van der Waals surface area contributed by atoms with Gasteiger partial charge < -0.3 is 9.84 Å². The summed E-state index contributed by atoms with van der Waals surface area (Å²) in [7, 11) is 1.57. The summed E-state index contributed by atoms with van der Waals surface area (Å²) in [5, 5.41) is 10.4. The van der Waals surface area contributed by atoms with E-state index < -0.39 is 6.10 Å². The molecule has 0 saturated carbocycles. The lowest BCUT2D eigenvalue weighted by atomic mass is 9.86. The van der Waals surface area contributed by atoms with E-state index in [9.17, 15) is 5.11 Å². The molecule has 0 radical (unpaired) electrons. The van der Waals surface area contributed by atoms with Crippen molar-refractivity contribution in [1.82, 2.24) is 4.98 Å². The van der Waals surface area contributed by atoms with Crippen molar-refractivity contribution in [3.8, 4) is 5.88 Å². The van der Waals surface area contributed by atoms with Crippen LogP contribution < -0.4 is 4.74 Å². The van der Waals surface area contributed by atoms with Crippen LogP contribution >= 0.6 is 0 Å². The summed E-state index contributed by atoms with van der Waals surface area (Å²) in [5.41, 5.74) is 2.99. The lowest BCUT2D eigenvalue weighted by molar-refractivity contribution is 0.219. The standard InChI is InChI=1S/C17H21NO2/c1-17(2,3)14-8-5-12(6-9-14)16(19)13-7-10-15(20-4)18-11-13/h5-11,16,19H,1-4H3. The maximum atomic E-state index is 10.4. The van der Waals surface area contributed by atoms with Gasteiger partial charge in [-0.2, -0.15) is 0 Å². The molecule has 1 unspecified atom stereocenters. The van der Waals surface area contributed by atoms with E-state index in [1.165, 1.54) is 5.56 Å². The first kappa shape index (κ1) is 14.5. The third kappa shape index (κ3) is 3.17. The van der Waals surface area contributed by atoms with Crippen molar-refractivity contribution >= 4 is 0 Å². The average molecular weight is 271 g/mol. The summed E-state index contributed by atoms with van der Waals surface area (Å²) in [6.07, 6.45) is 0.976. The Morgan fingerprint density at radius 2 is 1.60 bits per heavy atom. The van der Waals surface area contributed by atoms with Crippen LogP contribution in [0, 0.1) is 0 Å². The Kier molecular flexibility index (Phi) is 4.09. The molecule has 2 aromatic rings. The summed E-state index contributed by atoms with van der Waals surface area (Å²) in [6.45, 7) is 6.52. The van der Waals surface area contributed by atoms with Gasteiger partial charge in [0, 0.05) is 17.8 Å². The topological polar surface area (TPSA) is 42.4 Å². The van der Waals surface area contributed by atoms with E-state index in [1.54, 1.807) is 19.4 Å². The summed E-state index contributed by atoms with van der Waals surface area (Å²) < 4.78 is 5.02. The molecule has 3 heteroatoms. The summed E-state index contributed by atoms with van der Waals surface area (Å²) in [4.78, 5) is 4.12. The monoisotopic (exact) mass is 271 g/mol. The molecule has 1 atom stereocenters. The van der Waals surface area contributed by atoms with E-state index in [4.69, 9.17) is 4.74 Å².